The van der Waals surface area contributed by atoms with Crippen LogP contribution in [0.25, 0.3) is 0 Å². The van der Waals surface area contributed by atoms with Gasteiger partial charge in [0, 0.05) is 19.2 Å². The summed E-state index contributed by atoms with van der Waals surface area (Å²) in [5.41, 5.74) is -0.414. The molecule has 10 heteroatoms. The molecular weight excluding hydrogens is 400 g/mol. The first-order valence-electron chi connectivity index (χ1n) is 9.01. The van der Waals surface area contributed by atoms with Gasteiger partial charge >= 0.3 is 5.69 Å². The monoisotopic (exact) mass is 424 g/mol. The molecule has 0 spiro atoms. The van der Waals surface area contributed by atoms with Gasteiger partial charge in [0.05, 0.1) is 16.9 Å². The Morgan fingerprint density at radius 2 is 1.55 bits per heavy atom. The maximum atomic E-state index is 12.6. The van der Waals surface area contributed by atoms with Crippen LogP contribution < -0.4 is 14.2 Å². The maximum Gasteiger partial charge on any atom is 0.312 e. The highest BCUT2D eigenvalue weighted by Gasteiger charge is 2.26. The summed E-state index contributed by atoms with van der Waals surface area (Å²) >= 11 is 0. The van der Waals surface area contributed by atoms with E-state index in [4.69, 9.17) is 14.2 Å². The molecule has 0 aliphatic rings. The van der Waals surface area contributed by atoms with Gasteiger partial charge in [0.25, 0.3) is 0 Å². The Bertz CT molecular complexity index is 926. The molecule has 0 atom stereocenters. The van der Waals surface area contributed by atoms with E-state index >= 15 is 0 Å². The zero-order chi connectivity index (χ0) is 21.4. The van der Waals surface area contributed by atoms with Crippen molar-refractivity contribution in [3.63, 3.8) is 0 Å². The fraction of sp³-hybridized carbons (Fsp3) is 0.368. The first-order valence-corrected chi connectivity index (χ1v) is 10.5. The Kier molecular flexibility index (Phi) is 7.80. The van der Waals surface area contributed by atoms with E-state index in [0.29, 0.717) is 11.5 Å². The molecule has 0 radical (unpaired) electrons. The number of hydrogen-bond donors (Lipinski definition) is 0. The van der Waals surface area contributed by atoms with Crippen LogP contribution >= 0.6 is 0 Å². The summed E-state index contributed by atoms with van der Waals surface area (Å²) < 4.78 is 42.4. The smallest absolute Gasteiger partial charge is 0.312 e. The molecule has 0 aliphatic heterocycles. The van der Waals surface area contributed by atoms with Gasteiger partial charge in [-0.05, 0) is 36.4 Å². The Balaban J connectivity index is 2.07. The Labute approximate surface area is 170 Å². The number of ether oxygens (including phenoxy) is 3. The number of benzene rings is 2. The zero-order valence-corrected chi connectivity index (χ0v) is 17.3. The lowest BCUT2D eigenvalue weighted by molar-refractivity contribution is -0.386. The summed E-state index contributed by atoms with van der Waals surface area (Å²) in [5.74, 6) is 1.28. The number of methoxy groups -OCH3 is 1. The molecule has 0 aromatic heterocycles. The second-order valence-corrected chi connectivity index (χ2v) is 7.79. The third kappa shape index (κ3) is 5.58. The van der Waals surface area contributed by atoms with Crippen LogP contribution in [0.4, 0.5) is 5.69 Å². The molecule has 0 heterocycles. The van der Waals surface area contributed by atoms with Gasteiger partial charge in [-0.25, -0.2) is 8.42 Å². The minimum Gasteiger partial charge on any atom is -0.497 e. The summed E-state index contributed by atoms with van der Waals surface area (Å²) in [6.07, 6.45) is 0. The van der Waals surface area contributed by atoms with Crippen molar-refractivity contribution in [2.45, 2.75) is 18.7 Å². The number of hydrogen-bond acceptors (Lipinski definition) is 7. The van der Waals surface area contributed by atoms with Crippen LogP contribution in [0.2, 0.25) is 0 Å². The van der Waals surface area contributed by atoms with Crippen LogP contribution in [-0.4, -0.2) is 51.1 Å². The SMILES string of the molecule is CCN(CC)S(=O)(=O)c1ccc(OCCOc2ccc(OC)cc2)c([N+](=O)[O-])c1. The fourth-order valence-corrected chi connectivity index (χ4v) is 4.10. The van der Waals surface area contributed by atoms with Crippen molar-refractivity contribution in [1.29, 1.82) is 0 Å². The summed E-state index contributed by atoms with van der Waals surface area (Å²) in [7, 11) is -2.24. The number of nitro groups is 1. The quantitative estimate of drug-likeness (QED) is 0.310. The molecule has 9 nitrogen and oxygen atoms in total. The molecule has 0 saturated carbocycles. The number of nitrogens with zero attached hydrogens (tertiary/aromatic N) is 2. The van der Waals surface area contributed by atoms with Gasteiger partial charge in [-0.1, -0.05) is 13.8 Å². The van der Waals surface area contributed by atoms with Crippen LogP contribution in [0.1, 0.15) is 13.8 Å². The van der Waals surface area contributed by atoms with E-state index in [-0.39, 0.29) is 36.9 Å². The number of nitro benzene ring substituents is 1. The van der Waals surface area contributed by atoms with Crippen LogP contribution in [-0.2, 0) is 10.0 Å². The molecule has 158 valence electrons. The van der Waals surface area contributed by atoms with Crippen molar-refractivity contribution in [3.05, 3.63) is 52.6 Å². The van der Waals surface area contributed by atoms with Crippen LogP contribution in [0.5, 0.6) is 17.2 Å². The van der Waals surface area contributed by atoms with Crippen LogP contribution in [0, 0.1) is 10.1 Å². The van der Waals surface area contributed by atoms with Gasteiger partial charge in [0.15, 0.2) is 5.75 Å². The van der Waals surface area contributed by atoms with Crippen molar-refractivity contribution in [2.24, 2.45) is 0 Å². The first-order chi connectivity index (χ1) is 13.8. The van der Waals surface area contributed by atoms with E-state index < -0.39 is 20.6 Å². The topological polar surface area (TPSA) is 108 Å². The lowest BCUT2D eigenvalue weighted by Gasteiger charge is -2.18. The Morgan fingerprint density at radius 3 is 2.10 bits per heavy atom. The normalized spacial score (nSPS) is 11.3. The van der Waals surface area contributed by atoms with Crippen molar-refractivity contribution in [1.82, 2.24) is 4.31 Å². The minimum atomic E-state index is -3.80. The highest BCUT2D eigenvalue weighted by Crippen LogP contribution is 2.31. The summed E-state index contributed by atoms with van der Waals surface area (Å²) in [6, 6.07) is 10.6. The highest BCUT2D eigenvalue weighted by atomic mass is 32.2. The molecule has 0 saturated heterocycles. The fourth-order valence-electron chi connectivity index (χ4n) is 2.62. The third-order valence-electron chi connectivity index (χ3n) is 4.14. The van der Waals surface area contributed by atoms with E-state index in [1.807, 2.05) is 0 Å². The van der Waals surface area contributed by atoms with Gasteiger partial charge in [-0.15, -0.1) is 0 Å². The average Bonchev–Trinajstić information content (AvgIpc) is 2.72. The highest BCUT2D eigenvalue weighted by molar-refractivity contribution is 7.89. The first kappa shape index (κ1) is 22.4. The molecule has 0 unspecified atom stereocenters. The lowest BCUT2D eigenvalue weighted by Crippen LogP contribution is -2.30. The van der Waals surface area contributed by atoms with Gasteiger partial charge in [-0.3, -0.25) is 10.1 Å². The van der Waals surface area contributed by atoms with Crippen molar-refractivity contribution in [2.75, 3.05) is 33.4 Å². The molecule has 0 amide bonds. The summed E-state index contributed by atoms with van der Waals surface area (Å²) in [4.78, 5) is 10.6. The van der Waals surface area contributed by atoms with E-state index in [1.54, 1.807) is 45.2 Å². The molecular formula is C19H24N2O7S. The van der Waals surface area contributed by atoms with E-state index in [2.05, 4.69) is 0 Å². The van der Waals surface area contributed by atoms with E-state index in [9.17, 15) is 18.5 Å². The van der Waals surface area contributed by atoms with Gasteiger partial charge < -0.3 is 14.2 Å². The Hall–Kier alpha value is -2.85. The van der Waals surface area contributed by atoms with Crippen molar-refractivity contribution in [3.8, 4) is 17.2 Å². The maximum absolute atomic E-state index is 12.6. The second kappa shape index (κ2) is 10.1. The predicted octanol–water partition coefficient (Wildman–Crippen LogP) is 3.09. The third-order valence-corrected chi connectivity index (χ3v) is 6.19. The van der Waals surface area contributed by atoms with Crippen molar-refractivity contribution >= 4 is 15.7 Å². The van der Waals surface area contributed by atoms with Gasteiger partial charge in [0.2, 0.25) is 10.0 Å². The van der Waals surface area contributed by atoms with Gasteiger partial charge in [-0.2, -0.15) is 4.31 Å². The van der Waals surface area contributed by atoms with E-state index in [0.717, 1.165) is 6.07 Å². The standard InChI is InChI=1S/C19H24N2O7S/c1-4-20(5-2)29(24,25)17-10-11-19(18(14-17)21(22)23)28-13-12-27-16-8-6-15(26-3)7-9-16/h6-11,14H,4-5,12-13H2,1-3H3. The lowest BCUT2D eigenvalue weighted by atomic mass is 10.3. The molecule has 2 aromatic rings. The average molecular weight is 424 g/mol. The molecule has 0 bridgehead atoms. The van der Waals surface area contributed by atoms with Gasteiger partial charge in [0.1, 0.15) is 24.7 Å². The Morgan fingerprint density at radius 1 is 0.966 bits per heavy atom. The number of sulfonamides is 1. The van der Waals surface area contributed by atoms with Crippen LogP contribution in [0.15, 0.2) is 47.4 Å². The molecule has 2 aromatic carbocycles. The second-order valence-electron chi connectivity index (χ2n) is 5.85. The molecule has 0 aliphatic carbocycles. The summed E-state index contributed by atoms with van der Waals surface area (Å²) in [5, 5.41) is 11.4. The minimum absolute atomic E-state index is 0.0215. The predicted molar refractivity (Wildman–Crippen MR) is 107 cm³/mol. The largest absolute Gasteiger partial charge is 0.497 e. The zero-order valence-electron chi connectivity index (χ0n) is 16.5. The molecule has 2 rings (SSSR count). The summed E-state index contributed by atoms with van der Waals surface area (Å²) in [6.45, 7) is 4.16. The molecule has 0 fully saturated rings. The van der Waals surface area contributed by atoms with Crippen LogP contribution in [0.3, 0.4) is 0 Å². The molecule has 0 N–H and O–H groups in total. The van der Waals surface area contributed by atoms with E-state index in [1.165, 1.54) is 16.4 Å². The molecule has 29 heavy (non-hydrogen) atoms. The van der Waals surface area contributed by atoms with Crippen molar-refractivity contribution < 1.29 is 27.6 Å². The number of rotatable bonds is 11.